The zero-order chi connectivity index (χ0) is 25.1. The van der Waals surface area contributed by atoms with E-state index in [1.54, 1.807) is 0 Å². The molecule has 1 heterocycles. The monoisotopic (exact) mass is 475 g/mol. The molecule has 0 aliphatic carbocycles. The molecule has 1 aromatic heterocycles. The second-order valence-corrected chi connectivity index (χ2v) is 8.10. The van der Waals surface area contributed by atoms with E-state index < -0.39 is 11.7 Å². The molecule has 0 atom stereocenters. The van der Waals surface area contributed by atoms with E-state index in [1.165, 1.54) is 24.3 Å². The Balaban J connectivity index is 1.71. The summed E-state index contributed by atoms with van der Waals surface area (Å²) in [5.41, 5.74) is 18.3. The van der Waals surface area contributed by atoms with Crippen LogP contribution in [0.15, 0.2) is 59.0 Å². The zero-order valence-electron chi connectivity index (χ0n) is 18.8. The fourth-order valence-electron chi connectivity index (χ4n) is 3.82. The maximum Gasteiger partial charge on any atom is 0.217 e. The molecule has 0 saturated carbocycles. The highest BCUT2D eigenvalue weighted by molar-refractivity contribution is 6.18. The van der Waals surface area contributed by atoms with Crippen molar-refractivity contribution in [1.82, 2.24) is 0 Å². The number of nitrogens with two attached hydrogens (primary N) is 3. The van der Waals surface area contributed by atoms with E-state index in [0.29, 0.717) is 24.0 Å². The van der Waals surface area contributed by atoms with E-state index >= 15 is 0 Å². The SMILES string of the molecule is NC(=O)CCc1oc2cc(OCCc3ccccc3)c(O)cc2c1C(=O)c1cc(N)c(O)c(N)c1. The summed E-state index contributed by atoms with van der Waals surface area (Å²) >= 11 is 0. The van der Waals surface area contributed by atoms with Crippen LogP contribution in [0.4, 0.5) is 11.4 Å². The molecule has 0 spiro atoms. The van der Waals surface area contributed by atoms with Gasteiger partial charge in [-0.1, -0.05) is 30.3 Å². The van der Waals surface area contributed by atoms with Crippen LogP contribution >= 0.6 is 0 Å². The first kappa shape index (κ1) is 23.5. The van der Waals surface area contributed by atoms with Crippen LogP contribution < -0.4 is 21.9 Å². The van der Waals surface area contributed by atoms with Crippen molar-refractivity contribution in [2.45, 2.75) is 19.3 Å². The highest BCUT2D eigenvalue weighted by Crippen LogP contribution is 2.38. The first-order valence-electron chi connectivity index (χ1n) is 10.9. The molecule has 3 aromatic carbocycles. The number of hydrogen-bond donors (Lipinski definition) is 5. The number of fused-ring (bicyclic) bond motifs is 1. The summed E-state index contributed by atoms with van der Waals surface area (Å²) < 4.78 is 11.7. The lowest BCUT2D eigenvalue weighted by Crippen LogP contribution is -2.12. The molecular weight excluding hydrogens is 450 g/mol. The molecule has 0 bridgehead atoms. The number of hydrogen-bond acceptors (Lipinski definition) is 8. The van der Waals surface area contributed by atoms with Crippen molar-refractivity contribution in [3.05, 3.63) is 77.0 Å². The van der Waals surface area contributed by atoms with Crippen LogP contribution in [0.3, 0.4) is 0 Å². The smallest absolute Gasteiger partial charge is 0.217 e. The number of nitrogen functional groups attached to an aromatic ring is 2. The molecule has 0 saturated heterocycles. The number of carbonyl (C=O) groups is 2. The lowest BCUT2D eigenvalue weighted by atomic mass is 9.97. The van der Waals surface area contributed by atoms with Crippen LogP contribution in [0, 0.1) is 0 Å². The minimum Gasteiger partial charge on any atom is -0.504 e. The van der Waals surface area contributed by atoms with Gasteiger partial charge >= 0.3 is 0 Å². The van der Waals surface area contributed by atoms with E-state index in [4.69, 9.17) is 26.4 Å². The molecule has 1 amide bonds. The Kier molecular flexibility index (Phi) is 6.50. The molecule has 0 fully saturated rings. The van der Waals surface area contributed by atoms with Gasteiger partial charge in [0.1, 0.15) is 11.3 Å². The normalized spacial score (nSPS) is 11.0. The van der Waals surface area contributed by atoms with Gasteiger partial charge in [-0.15, -0.1) is 0 Å². The predicted octanol–water partition coefficient (Wildman–Crippen LogP) is 3.28. The van der Waals surface area contributed by atoms with Crippen molar-refractivity contribution in [2.24, 2.45) is 5.73 Å². The summed E-state index contributed by atoms with van der Waals surface area (Å²) in [5.74, 6) is -1.14. The summed E-state index contributed by atoms with van der Waals surface area (Å²) in [6.07, 6.45) is 0.652. The van der Waals surface area contributed by atoms with Crippen LogP contribution in [0.25, 0.3) is 11.0 Å². The molecule has 9 heteroatoms. The molecule has 0 radical (unpaired) electrons. The van der Waals surface area contributed by atoms with Crippen molar-refractivity contribution in [3.8, 4) is 17.2 Å². The van der Waals surface area contributed by atoms with Crippen LogP contribution in [-0.4, -0.2) is 28.5 Å². The van der Waals surface area contributed by atoms with Crippen LogP contribution in [0.2, 0.25) is 0 Å². The molecule has 9 nitrogen and oxygen atoms in total. The molecule has 4 aromatic rings. The van der Waals surface area contributed by atoms with Gasteiger partial charge in [0, 0.05) is 36.3 Å². The summed E-state index contributed by atoms with van der Waals surface area (Å²) in [6.45, 7) is 0.316. The highest BCUT2D eigenvalue weighted by atomic mass is 16.5. The summed E-state index contributed by atoms with van der Waals surface area (Å²) in [5, 5.41) is 20.8. The van der Waals surface area contributed by atoms with E-state index in [0.717, 1.165) is 5.56 Å². The topological polar surface area (TPSA) is 175 Å². The van der Waals surface area contributed by atoms with Gasteiger partial charge in [-0.2, -0.15) is 0 Å². The third-order valence-corrected chi connectivity index (χ3v) is 5.59. The van der Waals surface area contributed by atoms with Gasteiger partial charge < -0.3 is 36.6 Å². The molecule has 180 valence electrons. The van der Waals surface area contributed by atoms with Gasteiger partial charge in [0.15, 0.2) is 23.0 Å². The van der Waals surface area contributed by atoms with Crippen molar-refractivity contribution in [2.75, 3.05) is 18.1 Å². The van der Waals surface area contributed by atoms with Gasteiger partial charge in [-0.05, 0) is 23.8 Å². The number of phenolic OH excluding ortho intramolecular Hbond substituents is 2. The number of phenols is 2. The lowest BCUT2D eigenvalue weighted by Gasteiger charge is -2.09. The number of benzene rings is 3. The summed E-state index contributed by atoms with van der Waals surface area (Å²) in [7, 11) is 0. The minimum absolute atomic E-state index is 0.0492. The second kappa shape index (κ2) is 9.68. The molecule has 35 heavy (non-hydrogen) atoms. The Bertz CT molecular complexity index is 1390. The molecule has 0 aliphatic rings. The maximum absolute atomic E-state index is 13.4. The third kappa shape index (κ3) is 4.98. The summed E-state index contributed by atoms with van der Waals surface area (Å²) in [4.78, 5) is 24.8. The Labute approximate surface area is 200 Å². The van der Waals surface area contributed by atoms with Crippen LogP contribution in [-0.2, 0) is 17.6 Å². The summed E-state index contributed by atoms with van der Waals surface area (Å²) in [6, 6.07) is 15.2. The van der Waals surface area contributed by atoms with E-state index in [-0.39, 0.29) is 58.4 Å². The van der Waals surface area contributed by atoms with Gasteiger partial charge in [-0.25, -0.2) is 0 Å². The number of anilines is 2. The number of carbonyl (C=O) groups excluding carboxylic acids is 2. The standard InChI is InChI=1S/C26H25N3O6/c27-17-10-15(11-18(28)26(17)33)25(32)24-16-12-19(30)22(34-9-8-14-4-2-1-3-5-14)13-21(16)35-20(24)6-7-23(29)31/h1-5,10-13,30,33H,6-9,27-28H2,(H2,29,31). The fourth-order valence-corrected chi connectivity index (χ4v) is 3.82. The fraction of sp³-hybridized carbons (Fsp3) is 0.154. The van der Waals surface area contributed by atoms with Crippen LogP contribution in [0.5, 0.6) is 17.2 Å². The molecule has 8 N–H and O–H groups in total. The number of amides is 1. The van der Waals surface area contributed by atoms with Crippen molar-refractivity contribution in [3.63, 3.8) is 0 Å². The number of ketones is 1. The average molecular weight is 476 g/mol. The molecule has 0 unspecified atom stereocenters. The molecule has 4 rings (SSSR count). The predicted molar refractivity (Wildman–Crippen MR) is 131 cm³/mol. The van der Waals surface area contributed by atoms with E-state index in [9.17, 15) is 19.8 Å². The number of aromatic hydroxyl groups is 2. The number of aryl methyl sites for hydroxylation is 1. The zero-order valence-corrected chi connectivity index (χ0v) is 18.8. The number of ether oxygens (including phenoxy) is 1. The van der Waals surface area contributed by atoms with Gasteiger partial charge in [0.25, 0.3) is 0 Å². The molecule has 0 aliphatic heterocycles. The number of furan rings is 1. The van der Waals surface area contributed by atoms with Crippen molar-refractivity contribution in [1.29, 1.82) is 0 Å². The third-order valence-electron chi connectivity index (χ3n) is 5.59. The van der Waals surface area contributed by atoms with Crippen LogP contribution in [0.1, 0.15) is 33.7 Å². The van der Waals surface area contributed by atoms with Gasteiger partial charge in [0.2, 0.25) is 5.91 Å². The van der Waals surface area contributed by atoms with Crippen molar-refractivity contribution >= 4 is 34.0 Å². The lowest BCUT2D eigenvalue weighted by molar-refractivity contribution is -0.118. The second-order valence-electron chi connectivity index (χ2n) is 8.10. The highest BCUT2D eigenvalue weighted by Gasteiger charge is 2.25. The quantitative estimate of drug-likeness (QED) is 0.139. The van der Waals surface area contributed by atoms with Gasteiger partial charge in [0.05, 0.1) is 23.5 Å². The van der Waals surface area contributed by atoms with E-state index in [2.05, 4.69) is 0 Å². The number of primary amides is 1. The average Bonchev–Trinajstić information content (AvgIpc) is 3.18. The largest absolute Gasteiger partial charge is 0.504 e. The Hall–Kier alpha value is -4.66. The van der Waals surface area contributed by atoms with Gasteiger partial charge in [-0.3, -0.25) is 9.59 Å². The first-order chi connectivity index (χ1) is 16.7. The maximum atomic E-state index is 13.4. The van der Waals surface area contributed by atoms with Crippen molar-refractivity contribution < 1.29 is 29.0 Å². The minimum atomic E-state index is -0.560. The first-order valence-corrected chi connectivity index (χ1v) is 10.9. The Morgan fingerprint density at radius 2 is 1.63 bits per heavy atom. The Morgan fingerprint density at radius 3 is 2.29 bits per heavy atom. The van der Waals surface area contributed by atoms with E-state index in [1.807, 2.05) is 30.3 Å². The number of rotatable bonds is 9. The Morgan fingerprint density at radius 1 is 0.943 bits per heavy atom. The molecular formula is C26H25N3O6.